The Morgan fingerprint density at radius 3 is 3.30 bits per heavy atom. The third-order valence-corrected chi connectivity index (χ3v) is 1.36. The van der Waals surface area contributed by atoms with E-state index >= 15 is 0 Å². The van der Waals surface area contributed by atoms with Crippen LogP contribution in [-0.4, -0.2) is 10.2 Å². The van der Waals surface area contributed by atoms with Gasteiger partial charge >= 0.3 is 0 Å². The average Bonchev–Trinajstić information content (AvgIpc) is 2.34. The Hall–Kier alpha value is -1.38. The van der Waals surface area contributed by atoms with Crippen molar-refractivity contribution in [3.05, 3.63) is 30.2 Å². The van der Waals surface area contributed by atoms with Crippen molar-refractivity contribution in [2.24, 2.45) is 0 Å². The van der Waals surface area contributed by atoms with Crippen LogP contribution in [0.4, 0.5) is 4.39 Å². The number of nitrogens with zero attached hydrogens (tertiary/aromatic N) is 1. The highest BCUT2D eigenvalue weighted by atomic mass is 19.1. The van der Waals surface area contributed by atoms with Crippen molar-refractivity contribution in [1.29, 1.82) is 0 Å². The first-order valence-corrected chi connectivity index (χ1v) is 2.87. The third kappa shape index (κ3) is 0.603. The molecule has 1 aromatic carbocycles. The van der Waals surface area contributed by atoms with Crippen molar-refractivity contribution in [3.63, 3.8) is 0 Å². The molecule has 10 heavy (non-hydrogen) atoms. The van der Waals surface area contributed by atoms with Crippen LogP contribution < -0.4 is 0 Å². The SMILES string of the molecule is Fc1n[nH]c2c[c]ccc12. The molecule has 0 aliphatic carbocycles. The van der Waals surface area contributed by atoms with Gasteiger partial charge in [-0.1, -0.05) is 6.07 Å². The number of nitrogens with one attached hydrogen (secondary N) is 1. The smallest absolute Gasteiger partial charge is 0.240 e. The van der Waals surface area contributed by atoms with E-state index < -0.39 is 5.95 Å². The van der Waals surface area contributed by atoms with Gasteiger partial charge in [-0.2, -0.15) is 4.39 Å². The summed E-state index contributed by atoms with van der Waals surface area (Å²) in [6.07, 6.45) is 0. The van der Waals surface area contributed by atoms with Gasteiger partial charge in [0, 0.05) is 0 Å². The summed E-state index contributed by atoms with van der Waals surface area (Å²) in [5, 5.41) is 6.43. The Labute approximate surface area is 56.7 Å². The molecular formula is C7H4FN2. The summed E-state index contributed by atoms with van der Waals surface area (Å²) in [4.78, 5) is 0. The predicted molar refractivity (Wildman–Crippen MR) is 34.9 cm³/mol. The second-order valence-corrected chi connectivity index (χ2v) is 1.99. The van der Waals surface area contributed by atoms with Gasteiger partial charge in [0.2, 0.25) is 5.95 Å². The van der Waals surface area contributed by atoms with E-state index in [2.05, 4.69) is 16.3 Å². The summed E-state index contributed by atoms with van der Waals surface area (Å²) >= 11 is 0. The van der Waals surface area contributed by atoms with E-state index in [-0.39, 0.29) is 0 Å². The molecular weight excluding hydrogens is 131 g/mol. The Kier molecular flexibility index (Phi) is 0.974. The summed E-state index contributed by atoms with van der Waals surface area (Å²) < 4.78 is 12.6. The summed E-state index contributed by atoms with van der Waals surface area (Å²) in [5.41, 5.74) is 0.681. The standard InChI is InChI=1S/C7H4FN2/c8-7-5-3-1-2-4-6(5)9-10-7/h1,3-4H,(H,9,10). The fraction of sp³-hybridized carbons (Fsp3) is 0. The van der Waals surface area contributed by atoms with Gasteiger partial charge in [-0.05, 0) is 18.2 Å². The molecule has 0 saturated carbocycles. The molecule has 3 heteroatoms. The molecule has 2 rings (SSSR count). The molecule has 0 aliphatic heterocycles. The van der Waals surface area contributed by atoms with E-state index in [0.717, 1.165) is 0 Å². The molecule has 2 nitrogen and oxygen atoms in total. The molecule has 1 heterocycles. The van der Waals surface area contributed by atoms with Crippen molar-refractivity contribution in [2.75, 3.05) is 0 Å². The van der Waals surface area contributed by atoms with Crippen LogP contribution in [0.1, 0.15) is 0 Å². The highest BCUT2D eigenvalue weighted by Gasteiger charge is 2.00. The van der Waals surface area contributed by atoms with Crippen LogP contribution in [0.25, 0.3) is 10.9 Å². The number of benzene rings is 1. The zero-order chi connectivity index (χ0) is 6.97. The lowest BCUT2D eigenvalue weighted by atomic mass is 10.3. The van der Waals surface area contributed by atoms with Gasteiger partial charge in [0.15, 0.2) is 0 Å². The van der Waals surface area contributed by atoms with E-state index in [0.29, 0.717) is 10.9 Å². The van der Waals surface area contributed by atoms with E-state index in [1.807, 2.05) is 0 Å². The van der Waals surface area contributed by atoms with E-state index in [1.165, 1.54) is 0 Å². The molecule has 1 aromatic heterocycles. The Bertz CT molecular complexity index is 353. The molecule has 0 fully saturated rings. The number of hydrogen-bond acceptors (Lipinski definition) is 1. The Balaban J connectivity index is 2.93. The van der Waals surface area contributed by atoms with Gasteiger partial charge < -0.3 is 0 Å². The van der Waals surface area contributed by atoms with Crippen molar-refractivity contribution >= 4 is 10.9 Å². The van der Waals surface area contributed by atoms with Gasteiger partial charge in [0.1, 0.15) is 0 Å². The monoisotopic (exact) mass is 135 g/mol. The number of H-pyrrole nitrogens is 1. The first kappa shape index (κ1) is 5.41. The maximum Gasteiger partial charge on any atom is 0.240 e. The predicted octanol–water partition coefficient (Wildman–Crippen LogP) is 1.50. The molecule has 49 valence electrons. The maximum absolute atomic E-state index is 12.6. The minimum absolute atomic E-state index is 0.455. The van der Waals surface area contributed by atoms with Crippen LogP contribution in [-0.2, 0) is 0 Å². The Morgan fingerprint density at radius 2 is 2.50 bits per heavy atom. The van der Waals surface area contributed by atoms with Gasteiger partial charge in [-0.25, -0.2) is 0 Å². The van der Waals surface area contributed by atoms with E-state index in [9.17, 15) is 4.39 Å². The molecule has 0 atom stereocenters. The molecule has 1 N–H and O–H groups in total. The zero-order valence-electron chi connectivity index (χ0n) is 5.06. The lowest BCUT2D eigenvalue weighted by Gasteiger charge is -1.82. The van der Waals surface area contributed by atoms with Crippen LogP contribution in [0.2, 0.25) is 0 Å². The first-order chi connectivity index (χ1) is 4.88. The zero-order valence-corrected chi connectivity index (χ0v) is 5.06. The molecule has 0 unspecified atom stereocenters. The summed E-state index contributed by atoms with van der Waals surface area (Å²) in [7, 11) is 0. The lowest BCUT2D eigenvalue weighted by Crippen LogP contribution is -1.69. The fourth-order valence-electron chi connectivity index (χ4n) is 0.872. The number of aromatic nitrogens is 2. The minimum atomic E-state index is -0.455. The van der Waals surface area contributed by atoms with Crippen molar-refractivity contribution in [2.45, 2.75) is 0 Å². The molecule has 0 aliphatic rings. The van der Waals surface area contributed by atoms with Crippen LogP contribution in [0.3, 0.4) is 0 Å². The number of rotatable bonds is 0. The van der Waals surface area contributed by atoms with Crippen LogP contribution in [0.5, 0.6) is 0 Å². The molecule has 0 spiro atoms. The average molecular weight is 135 g/mol. The summed E-state index contributed by atoms with van der Waals surface area (Å²) in [6, 6.07) is 7.76. The van der Waals surface area contributed by atoms with Crippen LogP contribution in [0, 0.1) is 12.0 Å². The molecule has 0 bridgehead atoms. The normalized spacial score (nSPS) is 10.5. The van der Waals surface area contributed by atoms with E-state index in [1.54, 1.807) is 18.2 Å². The number of hydrogen-bond donors (Lipinski definition) is 1. The second-order valence-electron chi connectivity index (χ2n) is 1.99. The molecule has 1 radical (unpaired) electrons. The van der Waals surface area contributed by atoms with Crippen molar-refractivity contribution in [3.8, 4) is 0 Å². The highest BCUT2D eigenvalue weighted by molar-refractivity contribution is 5.77. The van der Waals surface area contributed by atoms with Gasteiger partial charge in [-0.15, -0.1) is 5.10 Å². The maximum atomic E-state index is 12.6. The number of halogens is 1. The van der Waals surface area contributed by atoms with E-state index in [4.69, 9.17) is 0 Å². The van der Waals surface area contributed by atoms with Crippen LogP contribution in [0.15, 0.2) is 18.2 Å². The summed E-state index contributed by atoms with van der Waals surface area (Å²) in [6.45, 7) is 0. The number of aromatic amines is 1. The van der Waals surface area contributed by atoms with Gasteiger partial charge in [0.25, 0.3) is 0 Å². The van der Waals surface area contributed by atoms with Crippen molar-refractivity contribution in [1.82, 2.24) is 10.2 Å². The van der Waals surface area contributed by atoms with Crippen LogP contribution >= 0.6 is 0 Å². The van der Waals surface area contributed by atoms with Crippen molar-refractivity contribution < 1.29 is 4.39 Å². The van der Waals surface area contributed by atoms with Gasteiger partial charge in [0.05, 0.1) is 10.9 Å². The third-order valence-electron chi connectivity index (χ3n) is 1.36. The second kappa shape index (κ2) is 1.80. The summed E-state index contributed by atoms with van der Waals surface area (Å²) in [5.74, 6) is -0.455. The lowest BCUT2D eigenvalue weighted by molar-refractivity contribution is 0.588. The highest BCUT2D eigenvalue weighted by Crippen LogP contribution is 2.11. The minimum Gasteiger partial charge on any atom is -0.275 e. The number of fused-ring (bicyclic) bond motifs is 1. The quantitative estimate of drug-likeness (QED) is 0.582. The molecule has 0 amide bonds. The largest absolute Gasteiger partial charge is 0.275 e. The molecule has 0 saturated heterocycles. The molecule has 2 aromatic rings. The topological polar surface area (TPSA) is 28.7 Å². The van der Waals surface area contributed by atoms with Gasteiger partial charge in [-0.3, -0.25) is 5.10 Å². The fourth-order valence-corrected chi connectivity index (χ4v) is 0.872. The first-order valence-electron chi connectivity index (χ1n) is 2.87. The Morgan fingerprint density at radius 1 is 1.60 bits per heavy atom.